The summed E-state index contributed by atoms with van der Waals surface area (Å²) in [6, 6.07) is 7.49. The Labute approximate surface area is 188 Å². The third kappa shape index (κ3) is 3.58. The van der Waals surface area contributed by atoms with Crippen molar-refractivity contribution in [2.24, 2.45) is 0 Å². The highest BCUT2D eigenvalue weighted by Gasteiger charge is 2.33. The van der Waals surface area contributed by atoms with Crippen LogP contribution in [0.25, 0.3) is 5.52 Å². The van der Waals surface area contributed by atoms with Crippen LogP contribution in [0.15, 0.2) is 30.5 Å². The molecule has 10 nitrogen and oxygen atoms in total. The number of carbonyl (C=O) groups excluding carboxylic acids is 1. The number of H-pyrrole nitrogens is 1. The Kier molecular flexibility index (Phi) is 4.56. The fourth-order valence-corrected chi connectivity index (χ4v) is 4.83. The number of amides is 1. The Morgan fingerprint density at radius 2 is 2.19 bits per heavy atom. The monoisotopic (exact) mass is 449 g/mol. The highest BCUT2D eigenvalue weighted by Crippen LogP contribution is 2.39. The summed E-state index contributed by atoms with van der Waals surface area (Å²) >= 11 is 1.29. The zero-order chi connectivity index (χ0) is 21.7. The van der Waals surface area contributed by atoms with Gasteiger partial charge in [0.15, 0.2) is 11.6 Å². The molecule has 0 aromatic carbocycles. The van der Waals surface area contributed by atoms with Crippen molar-refractivity contribution in [3.8, 4) is 0 Å². The molecule has 0 spiro atoms. The van der Waals surface area contributed by atoms with E-state index in [1.54, 1.807) is 4.52 Å². The molecule has 4 aromatic rings. The number of nitrogens with zero attached hydrogens (tertiary/aromatic N) is 6. The molecule has 1 atom stereocenters. The molecule has 1 aliphatic carbocycles. The van der Waals surface area contributed by atoms with E-state index in [-0.39, 0.29) is 11.9 Å². The van der Waals surface area contributed by atoms with Crippen LogP contribution in [-0.2, 0) is 4.79 Å². The topological polar surface area (TPSA) is 116 Å². The number of aryl methyl sites for hydroxylation is 1. The number of aromatic amines is 1. The standard InChI is InChI=1S/C21H23N9OS/c1-12-10-18(32-28-12)23-20(31)16-5-2-8-29(16)21-24-19(15-4-3-9-30(15)27-21)22-17-11-14(25-26-17)13-6-7-13/h3-4,9-11,13,16H,2,5-8H2,1H3,(H,23,31)(H2,22,24,25,26,27)/t16-/m0/s1. The van der Waals surface area contributed by atoms with E-state index in [2.05, 4.69) is 30.3 Å². The lowest BCUT2D eigenvalue weighted by atomic mass is 10.2. The van der Waals surface area contributed by atoms with Crippen molar-refractivity contribution in [2.45, 2.75) is 44.6 Å². The van der Waals surface area contributed by atoms with Gasteiger partial charge in [0.25, 0.3) is 0 Å². The molecule has 2 aliphatic rings. The third-order valence-corrected chi connectivity index (χ3v) is 6.72. The molecular weight excluding hydrogens is 426 g/mol. The van der Waals surface area contributed by atoms with Gasteiger partial charge in [0.2, 0.25) is 11.9 Å². The van der Waals surface area contributed by atoms with Crippen LogP contribution in [0.2, 0.25) is 0 Å². The molecule has 1 saturated heterocycles. The van der Waals surface area contributed by atoms with Crippen molar-refractivity contribution in [1.29, 1.82) is 0 Å². The van der Waals surface area contributed by atoms with E-state index in [0.29, 0.717) is 17.7 Å². The summed E-state index contributed by atoms with van der Waals surface area (Å²) in [6.07, 6.45) is 5.96. The van der Waals surface area contributed by atoms with E-state index in [1.165, 1.54) is 24.4 Å². The van der Waals surface area contributed by atoms with Gasteiger partial charge in [-0.25, -0.2) is 4.52 Å². The molecule has 6 rings (SSSR count). The van der Waals surface area contributed by atoms with E-state index >= 15 is 0 Å². The summed E-state index contributed by atoms with van der Waals surface area (Å²) in [5, 5.41) is 19.3. The molecule has 0 bridgehead atoms. The second kappa shape index (κ2) is 7.59. The second-order valence-corrected chi connectivity index (χ2v) is 9.18. The summed E-state index contributed by atoms with van der Waals surface area (Å²) in [5.74, 6) is 2.46. The Hall–Kier alpha value is -3.47. The first-order chi connectivity index (χ1) is 15.6. The first-order valence-corrected chi connectivity index (χ1v) is 11.6. The van der Waals surface area contributed by atoms with Crippen molar-refractivity contribution in [3.63, 3.8) is 0 Å². The van der Waals surface area contributed by atoms with Gasteiger partial charge >= 0.3 is 0 Å². The van der Waals surface area contributed by atoms with Crippen molar-refractivity contribution < 1.29 is 4.79 Å². The maximum atomic E-state index is 13.0. The Balaban J connectivity index is 1.28. The fraction of sp³-hybridized carbons (Fsp3) is 0.381. The lowest BCUT2D eigenvalue weighted by molar-refractivity contribution is -0.117. The molecular formula is C21H23N9OS. The molecule has 11 heteroatoms. The lowest BCUT2D eigenvalue weighted by Crippen LogP contribution is -2.40. The highest BCUT2D eigenvalue weighted by molar-refractivity contribution is 7.10. The summed E-state index contributed by atoms with van der Waals surface area (Å²) < 4.78 is 6.03. The summed E-state index contributed by atoms with van der Waals surface area (Å²) in [6.45, 7) is 2.63. The molecule has 1 saturated carbocycles. The number of hydrogen-bond acceptors (Lipinski definition) is 8. The van der Waals surface area contributed by atoms with Crippen LogP contribution in [0.5, 0.6) is 0 Å². The maximum absolute atomic E-state index is 13.0. The summed E-state index contributed by atoms with van der Waals surface area (Å²) in [7, 11) is 0. The zero-order valence-corrected chi connectivity index (χ0v) is 18.4. The molecule has 1 amide bonds. The predicted molar refractivity (Wildman–Crippen MR) is 123 cm³/mol. The van der Waals surface area contributed by atoms with E-state index in [0.717, 1.165) is 47.1 Å². The number of anilines is 4. The van der Waals surface area contributed by atoms with Gasteiger partial charge in [-0.15, -0.1) is 5.10 Å². The quantitative estimate of drug-likeness (QED) is 0.413. The van der Waals surface area contributed by atoms with E-state index in [4.69, 9.17) is 4.98 Å². The fourth-order valence-electron chi connectivity index (χ4n) is 4.17. The van der Waals surface area contributed by atoms with Gasteiger partial charge in [-0.1, -0.05) is 0 Å². The van der Waals surface area contributed by atoms with Crippen LogP contribution in [-0.4, -0.2) is 47.7 Å². The Bertz CT molecular complexity index is 1290. The number of carbonyl (C=O) groups is 1. The zero-order valence-electron chi connectivity index (χ0n) is 17.6. The lowest BCUT2D eigenvalue weighted by Gasteiger charge is -2.24. The van der Waals surface area contributed by atoms with Gasteiger partial charge in [0.1, 0.15) is 16.6 Å². The second-order valence-electron chi connectivity index (χ2n) is 8.38. The Morgan fingerprint density at radius 1 is 1.28 bits per heavy atom. The first kappa shape index (κ1) is 19.2. The van der Waals surface area contributed by atoms with Crippen molar-refractivity contribution in [1.82, 2.24) is 29.2 Å². The van der Waals surface area contributed by atoms with Crippen LogP contribution < -0.4 is 15.5 Å². The van der Waals surface area contributed by atoms with Gasteiger partial charge in [0, 0.05) is 30.4 Å². The number of nitrogens with one attached hydrogen (secondary N) is 3. The largest absolute Gasteiger partial charge is 0.327 e. The molecule has 4 aromatic heterocycles. The van der Waals surface area contributed by atoms with Gasteiger partial charge in [0.05, 0.1) is 5.69 Å². The summed E-state index contributed by atoms with van der Waals surface area (Å²) in [4.78, 5) is 19.8. The predicted octanol–water partition coefficient (Wildman–Crippen LogP) is 3.45. The average molecular weight is 450 g/mol. The normalized spacial score (nSPS) is 18.4. The van der Waals surface area contributed by atoms with Crippen molar-refractivity contribution in [3.05, 3.63) is 41.9 Å². The molecule has 0 unspecified atom stereocenters. The third-order valence-electron chi connectivity index (χ3n) is 5.93. The molecule has 32 heavy (non-hydrogen) atoms. The molecule has 164 valence electrons. The van der Waals surface area contributed by atoms with Gasteiger partial charge in [-0.05, 0) is 62.3 Å². The van der Waals surface area contributed by atoms with Gasteiger partial charge in [-0.2, -0.15) is 14.5 Å². The summed E-state index contributed by atoms with van der Waals surface area (Å²) in [5.41, 5.74) is 2.90. The number of rotatable bonds is 6. The number of aromatic nitrogens is 6. The van der Waals surface area contributed by atoms with E-state index < -0.39 is 0 Å². The molecule has 0 radical (unpaired) electrons. The van der Waals surface area contributed by atoms with Gasteiger partial charge in [-0.3, -0.25) is 9.89 Å². The van der Waals surface area contributed by atoms with Gasteiger partial charge < -0.3 is 15.5 Å². The smallest absolute Gasteiger partial charge is 0.247 e. The minimum atomic E-state index is -0.329. The Morgan fingerprint density at radius 3 is 3.00 bits per heavy atom. The highest BCUT2D eigenvalue weighted by atomic mass is 32.1. The maximum Gasteiger partial charge on any atom is 0.247 e. The van der Waals surface area contributed by atoms with Crippen LogP contribution in [0.3, 0.4) is 0 Å². The van der Waals surface area contributed by atoms with E-state index in [9.17, 15) is 4.79 Å². The molecule has 5 heterocycles. The minimum Gasteiger partial charge on any atom is -0.327 e. The van der Waals surface area contributed by atoms with E-state index in [1.807, 2.05) is 42.3 Å². The number of fused-ring (bicyclic) bond motifs is 1. The van der Waals surface area contributed by atoms with Crippen LogP contribution in [0, 0.1) is 6.92 Å². The molecule has 1 aliphatic heterocycles. The molecule has 2 fully saturated rings. The SMILES string of the molecule is Cc1cc(NC(=O)[C@@H]2CCCN2c2nc(Nc3cc(C4CC4)[nH]n3)c3cccn3n2)sn1. The van der Waals surface area contributed by atoms with Crippen LogP contribution in [0.4, 0.5) is 22.6 Å². The van der Waals surface area contributed by atoms with Crippen molar-refractivity contribution in [2.75, 3.05) is 22.1 Å². The van der Waals surface area contributed by atoms with Crippen LogP contribution in [0.1, 0.15) is 43.0 Å². The molecule has 3 N–H and O–H groups in total. The average Bonchev–Trinajstić information content (AvgIpc) is 3.20. The first-order valence-electron chi connectivity index (χ1n) is 10.8. The van der Waals surface area contributed by atoms with Crippen molar-refractivity contribution >= 4 is 45.5 Å². The number of hydrogen-bond donors (Lipinski definition) is 3. The minimum absolute atomic E-state index is 0.0572. The van der Waals surface area contributed by atoms with Crippen LogP contribution >= 0.6 is 11.5 Å².